The number of fused-ring (bicyclic) bond motifs is 1. The van der Waals surface area contributed by atoms with E-state index in [0.29, 0.717) is 19.8 Å². The Morgan fingerprint density at radius 1 is 1.10 bits per heavy atom. The first-order valence-electron chi connectivity index (χ1n) is 11.1. The Labute approximate surface area is 187 Å². The van der Waals surface area contributed by atoms with Crippen molar-refractivity contribution in [2.45, 2.75) is 82.3 Å². The molecule has 0 aromatic heterocycles. The van der Waals surface area contributed by atoms with Crippen molar-refractivity contribution in [2.75, 3.05) is 26.9 Å². The molecule has 31 heavy (non-hydrogen) atoms. The third kappa shape index (κ3) is 5.94. The molecule has 1 aromatic rings. The van der Waals surface area contributed by atoms with Crippen molar-refractivity contribution in [3.63, 3.8) is 0 Å². The number of hydrogen-bond donors (Lipinski definition) is 1. The van der Waals surface area contributed by atoms with Crippen molar-refractivity contribution in [3.8, 4) is 0 Å². The third-order valence-electron chi connectivity index (χ3n) is 6.48. The topological polar surface area (TPSA) is 75.6 Å². The van der Waals surface area contributed by atoms with Crippen molar-refractivity contribution in [2.24, 2.45) is 0 Å². The van der Waals surface area contributed by atoms with Crippen LogP contribution in [0.4, 0.5) is 0 Å². The van der Waals surface area contributed by atoms with Crippen LogP contribution in [0.15, 0.2) is 30.3 Å². The lowest BCUT2D eigenvalue weighted by molar-refractivity contribution is -0.362. The Morgan fingerprint density at radius 2 is 1.81 bits per heavy atom. The van der Waals surface area contributed by atoms with Gasteiger partial charge in [-0.1, -0.05) is 51.1 Å². The van der Waals surface area contributed by atoms with E-state index in [1.807, 2.05) is 30.3 Å². The van der Waals surface area contributed by atoms with Crippen LogP contribution in [0, 0.1) is 0 Å². The first-order valence-corrected chi connectivity index (χ1v) is 14.0. The Morgan fingerprint density at radius 3 is 2.45 bits per heavy atom. The maximum absolute atomic E-state index is 10.8. The Bertz CT molecular complexity index is 678. The SMILES string of the molecule is CO[C@H]1O[C@@H]2CO[C@@H](c3ccccc3)O[C@H]2[C@@H](OCCCO[Si](C)(C)C(C)(C)C)[C@@H]1O. The van der Waals surface area contributed by atoms with Crippen molar-refractivity contribution < 1.29 is 33.2 Å². The van der Waals surface area contributed by atoms with E-state index in [-0.39, 0.29) is 11.1 Å². The summed E-state index contributed by atoms with van der Waals surface area (Å²) >= 11 is 0. The van der Waals surface area contributed by atoms with Crippen LogP contribution in [0.3, 0.4) is 0 Å². The molecule has 2 fully saturated rings. The highest BCUT2D eigenvalue weighted by Gasteiger charge is 2.50. The summed E-state index contributed by atoms with van der Waals surface area (Å²) in [5.74, 6) is 0. The van der Waals surface area contributed by atoms with Crippen molar-refractivity contribution in [3.05, 3.63) is 35.9 Å². The normalized spacial score (nSPS) is 32.0. The Kier molecular flexibility index (Phi) is 8.31. The molecule has 1 N–H and O–H groups in total. The molecule has 0 aliphatic carbocycles. The zero-order chi connectivity index (χ0) is 22.6. The maximum Gasteiger partial charge on any atom is 0.191 e. The van der Waals surface area contributed by atoms with Crippen LogP contribution >= 0.6 is 0 Å². The van der Waals surface area contributed by atoms with Crippen LogP contribution in [0.5, 0.6) is 0 Å². The minimum absolute atomic E-state index is 0.173. The Balaban J connectivity index is 1.59. The van der Waals surface area contributed by atoms with Crippen LogP contribution in [0.1, 0.15) is 39.0 Å². The highest BCUT2D eigenvalue weighted by molar-refractivity contribution is 6.74. The second-order valence-corrected chi connectivity index (χ2v) is 14.6. The van der Waals surface area contributed by atoms with E-state index in [0.717, 1.165) is 12.0 Å². The molecule has 0 spiro atoms. The molecule has 0 unspecified atom stereocenters. The van der Waals surface area contributed by atoms with Gasteiger partial charge in [0, 0.05) is 25.9 Å². The van der Waals surface area contributed by atoms with Gasteiger partial charge in [0.05, 0.1) is 6.61 Å². The van der Waals surface area contributed by atoms with Gasteiger partial charge in [0.25, 0.3) is 0 Å². The number of rotatable bonds is 8. The van der Waals surface area contributed by atoms with Gasteiger partial charge in [0.15, 0.2) is 20.9 Å². The average molecular weight is 455 g/mol. The molecule has 2 aliphatic heterocycles. The van der Waals surface area contributed by atoms with Gasteiger partial charge in [-0.05, 0) is 24.6 Å². The quantitative estimate of drug-likeness (QED) is 0.475. The van der Waals surface area contributed by atoms with E-state index in [2.05, 4.69) is 33.9 Å². The molecular weight excluding hydrogens is 416 g/mol. The zero-order valence-electron chi connectivity index (χ0n) is 19.6. The second-order valence-electron chi connectivity index (χ2n) is 9.74. The Hall–Kier alpha value is -0.843. The largest absolute Gasteiger partial charge is 0.417 e. The van der Waals surface area contributed by atoms with Gasteiger partial charge >= 0.3 is 0 Å². The van der Waals surface area contributed by atoms with Gasteiger partial charge in [-0.25, -0.2) is 0 Å². The number of aliphatic hydroxyl groups is 1. The fourth-order valence-electron chi connectivity index (χ4n) is 3.55. The number of benzene rings is 1. The van der Waals surface area contributed by atoms with Crippen LogP contribution in [-0.2, 0) is 28.1 Å². The van der Waals surface area contributed by atoms with Gasteiger partial charge in [0.1, 0.15) is 24.4 Å². The first-order chi connectivity index (χ1) is 14.6. The summed E-state index contributed by atoms with van der Waals surface area (Å²) in [5, 5.41) is 11.0. The number of aliphatic hydroxyl groups excluding tert-OH is 1. The number of ether oxygens (including phenoxy) is 5. The minimum Gasteiger partial charge on any atom is -0.417 e. The molecule has 3 rings (SSSR count). The van der Waals surface area contributed by atoms with Crippen LogP contribution in [0.2, 0.25) is 18.1 Å². The lowest BCUT2D eigenvalue weighted by atomic mass is 9.97. The predicted octanol–water partition coefficient (Wildman–Crippen LogP) is 3.63. The molecule has 0 saturated carbocycles. The molecular formula is C23H38O7Si. The molecule has 2 heterocycles. The summed E-state index contributed by atoms with van der Waals surface area (Å²) in [6, 6.07) is 9.74. The lowest BCUT2D eigenvalue weighted by Gasteiger charge is -2.47. The van der Waals surface area contributed by atoms with E-state index in [9.17, 15) is 5.11 Å². The predicted molar refractivity (Wildman–Crippen MR) is 119 cm³/mol. The highest BCUT2D eigenvalue weighted by atomic mass is 28.4. The van der Waals surface area contributed by atoms with Crippen LogP contribution in [-0.4, -0.2) is 71.1 Å². The van der Waals surface area contributed by atoms with E-state index in [1.54, 1.807) is 0 Å². The summed E-state index contributed by atoms with van der Waals surface area (Å²) in [7, 11) is -0.276. The molecule has 176 valence electrons. The number of methoxy groups -OCH3 is 1. The summed E-state index contributed by atoms with van der Waals surface area (Å²) in [4.78, 5) is 0. The monoisotopic (exact) mass is 454 g/mol. The van der Waals surface area contributed by atoms with Crippen LogP contribution < -0.4 is 0 Å². The summed E-state index contributed by atoms with van der Waals surface area (Å²) < 4.78 is 35.6. The van der Waals surface area contributed by atoms with Gasteiger partial charge < -0.3 is 33.2 Å². The van der Waals surface area contributed by atoms with E-state index >= 15 is 0 Å². The van der Waals surface area contributed by atoms with Crippen molar-refractivity contribution in [1.29, 1.82) is 0 Å². The smallest absolute Gasteiger partial charge is 0.191 e. The molecule has 1 aromatic carbocycles. The molecule has 2 aliphatic rings. The average Bonchev–Trinajstić information content (AvgIpc) is 2.74. The fourth-order valence-corrected chi connectivity index (χ4v) is 4.64. The standard InChI is InChI=1S/C23H38O7Si/c1-23(2,3)31(5,6)28-14-10-13-26-20-18(24)22(25-4)29-17-15-27-21(30-19(17)20)16-11-8-7-9-12-16/h7-9,11-12,17-22,24H,10,13-15H2,1-6H3/t17-,18+,19-,20+,21-,22+/m1/s1. The van der Waals surface area contributed by atoms with E-state index < -0.39 is 39.2 Å². The van der Waals surface area contributed by atoms with E-state index in [4.69, 9.17) is 28.1 Å². The summed E-state index contributed by atoms with van der Waals surface area (Å²) in [5.41, 5.74) is 0.922. The summed E-state index contributed by atoms with van der Waals surface area (Å²) in [6.07, 6.45) is -2.93. The van der Waals surface area contributed by atoms with Crippen LogP contribution in [0.25, 0.3) is 0 Å². The molecule has 6 atom stereocenters. The van der Waals surface area contributed by atoms with E-state index in [1.165, 1.54) is 7.11 Å². The highest BCUT2D eigenvalue weighted by Crippen LogP contribution is 2.37. The molecule has 8 heteroatoms. The molecule has 0 radical (unpaired) electrons. The maximum atomic E-state index is 10.8. The van der Waals surface area contributed by atoms with Gasteiger partial charge in [-0.3, -0.25) is 0 Å². The molecule has 0 bridgehead atoms. The molecule has 0 amide bonds. The second kappa shape index (κ2) is 10.4. The fraction of sp³-hybridized carbons (Fsp3) is 0.739. The van der Waals surface area contributed by atoms with Crippen molar-refractivity contribution in [1.82, 2.24) is 0 Å². The third-order valence-corrected chi connectivity index (χ3v) is 11.0. The van der Waals surface area contributed by atoms with Crippen molar-refractivity contribution >= 4 is 8.32 Å². The minimum atomic E-state index is -1.79. The molecule has 2 saturated heterocycles. The zero-order valence-corrected chi connectivity index (χ0v) is 20.6. The first kappa shape index (κ1) is 24.8. The van der Waals surface area contributed by atoms with Gasteiger partial charge in [0.2, 0.25) is 0 Å². The molecule has 7 nitrogen and oxygen atoms in total. The lowest BCUT2D eigenvalue weighted by Crippen LogP contribution is -2.62. The van der Waals surface area contributed by atoms with Gasteiger partial charge in [-0.2, -0.15) is 0 Å². The van der Waals surface area contributed by atoms with Gasteiger partial charge in [-0.15, -0.1) is 0 Å². The number of hydrogen-bond acceptors (Lipinski definition) is 7. The summed E-state index contributed by atoms with van der Waals surface area (Å²) in [6.45, 7) is 12.6.